The third kappa shape index (κ3) is 4.81. The van der Waals surface area contributed by atoms with E-state index in [9.17, 15) is 16.8 Å². The van der Waals surface area contributed by atoms with Crippen molar-refractivity contribution in [1.82, 2.24) is 0 Å². The summed E-state index contributed by atoms with van der Waals surface area (Å²) in [5.74, 6) is 0. The molecule has 0 aromatic heterocycles. The first-order valence-corrected chi connectivity index (χ1v) is 12.2. The minimum atomic E-state index is -3.73. The molecule has 0 radical (unpaired) electrons. The first-order valence-electron chi connectivity index (χ1n) is 8.87. The number of rotatable bonds is 4. The molecule has 3 rings (SSSR count). The SMILES string of the molecule is CC.Cc1cc2c(cc1NS(=O)(=O)c1ccccc1)N(S(C)(=O)=O)CCC2. The number of fused-ring (bicyclic) bond motifs is 1. The Balaban J connectivity index is 0.00000126. The summed E-state index contributed by atoms with van der Waals surface area (Å²) in [6, 6.07) is 11.5. The second-order valence-corrected chi connectivity index (χ2v) is 9.74. The zero-order chi connectivity index (χ0) is 20.2. The molecule has 0 unspecified atom stereocenters. The van der Waals surface area contributed by atoms with Crippen LogP contribution in [-0.2, 0) is 26.5 Å². The van der Waals surface area contributed by atoms with Crippen molar-refractivity contribution in [3.8, 4) is 0 Å². The average molecular weight is 411 g/mol. The maximum Gasteiger partial charge on any atom is 0.261 e. The van der Waals surface area contributed by atoms with Crippen LogP contribution in [0.15, 0.2) is 47.4 Å². The predicted molar refractivity (Wildman–Crippen MR) is 110 cm³/mol. The molecule has 1 heterocycles. The smallest absolute Gasteiger partial charge is 0.261 e. The summed E-state index contributed by atoms with van der Waals surface area (Å²) in [7, 11) is -7.14. The van der Waals surface area contributed by atoms with E-state index in [0.29, 0.717) is 17.9 Å². The van der Waals surface area contributed by atoms with Crippen LogP contribution in [0.5, 0.6) is 0 Å². The Hall–Kier alpha value is -2.06. The van der Waals surface area contributed by atoms with E-state index in [0.717, 1.165) is 30.2 Å². The molecule has 1 N–H and O–H groups in total. The van der Waals surface area contributed by atoms with Gasteiger partial charge in [-0.25, -0.2) is 16.8 Å². The third-order valence-electron chi connectivity index (χ3n) is 4.20. The van der Waals surface area contributed by atoms with Gasteiger partial charge in [-0.15, -0.1) is 0 Å². The first-order chi connectivity index (χ1) is 12.7. The van der Waals surface area contributed by atoms with Crippen molar-refractivity contribution >= 4 is 31.4 Å². The summed E-state index contributed by atoms with van der Waals surface area (Å²) in [4.78, 5) is 0.159. The molecule has 2 aromatic rings. The molecule has 2 aromatic carbocycles. The van der Waals surface area contributed by atoms with Crippen LogP contribution in [0.1, 0.15) is 31.4 Å². The van der Waals surface area contributed by atoms with Crippen molar-refractivity contribution in [1.29, 1.82) is 0 Å². The normalized spacial score (nSPS) is 14.0. The van der Waals surface area contributed by atoms with E-state index in [-0.39, 0.29) is 4.90 Å². The highest BCUT2D eigenvalue weighted by atomic mass is 32.2. The van der Waals surface area contributed by atoms with Crippen LogP contribution in [0.2, 0.25) is 0 Å². The molecule has 0 atom stereocenters. The fourth-order valence-corrected chi connectivity index (χ4v) is 5.11. The molecule has 0 bridgehead atoms. The van der Waals surface area contributed by atoms with Crippen LogP contribution in [0, 0.1) is 6.92 Å². The van der Waals surface area contributed by atoms with Crippen molar-refractivity contribution in [2.75, 3.05) is 21.8 Å². The predicted octanol–water partition coefficient (Wildman–Crippen LogP) is 3.53. The van der Waals surface area contributed by atoms with Gasteiger partial charge < -0.3 is 0 Å². The number of nitrogens with one attached hydrogen (secondary N) is 1. The number of nitrogens with zero attached hydrogens (tertiary/aromatic N) is 1. The lowest BCUT2D eigenvalue weighted by Gasteiger charge is -2.30. The Morgan fingerprint density at radius 1 is 1.00 bits per heavy atom. The van der Waals surface area contributed by atoms with Gasteiger partial charge in [0, 0.05) is 6.54 Å². The molecule has 148 valence electrons. The molecule has 0 aliphatic carbocycles. The van der Waals surface area contributed by atoms with E-state index in [1.807, 2.05) is 26.8 Å². The lowest BCUT2D eigenvalue weighted by Crippen LogP contribution is -2.34. The molecule has 0 amide bonds. The number of hydrogen-bond donors (Lipinski definition) is 1. The van der Waals surface area contributed by atoms with Gasteiger partial charge in [-0.1, -0.05) is 38.1 Å². The van der Waals surface area contributed by atoms with Gasteiger partial charge in [0.05, 0.1) is 22.5 Å². The van der Waals surface area contributed by atoms with E-state index in [2.05, 4.69) is 4.72 Å². The number of anilines is 2. The molecular weight excluding hydrogens is 384 g/mol. The monoisotopic (exact) mass is 410 g/mol. The van der Waals surface area contributed by atoms with E-state index >= 15 is 0 Å². The molecule has 0 fully saturated rings. The van der Waals surface area contributed by atoms with Crippen LogP contribution >= 0.6 is 0 Å². The number of hydrogen-bond acceptors (Lipinski definition) is 4. The van der Waals surface area contributed by atoms with Crippen LogP contribution < -0.4 is 9.03 Å². The molecule has 0 spiro atoms. The lowest BCUT2D eigenvalue weighted by molar-refractivity contribution is 0.592. The Labute approximate surface area is 162 Å². The van der Waals surface area contributed by atoms with E-state index in [1.54, 1.807) is 24.3 Å². The van der Waals surface area contributed by atoms with Gasteiger partial charge in [-0.2, -0.15) is 0 Å². The summed E-state index contributed by atoms with van der Waals surface area (Å²) < 4.78 is 53.1. The Morgan fingerprint density at radius 3 is 2.22 bits per heavy atom. The first kappa shape index (κ1) is 21.2. The number of sulfonamides is 2. The minimum Gasteiger partial charge on any atom is -0.279 e. The highest BCUT2D eigenvalue weighted by Crippen LogP contribution is 2.34. The van der Waals surface area contributed by atoms with Crippen molar-refractivity contribution in [3.05, 3.63) is 53.6 Å². The van der Waals surface area contributed by atoms with Gasteiger partial charge in [0.1, 0.15) is 0 Å². The van der Waals surface area contributed by atoms with Gasteiger partial charge in [0.2, 0.25) is 10.0 Å². The third-order valence-corrected chi connectivity index (χ3v) is 6.76. The Kier molecular flexibility index (Phi) is 6.54. The zero-order valence-corrected chi connectivity index (χ0v) is 17.7. The van der Waals surface area contributed by atoms with Crippen molar-refractivity contribution in [2.24, 2.45) is 0 Å². The van der Waals surface area contributed by atoms with Gasteiger partial charge in [0.25, 0.3) is 10.0 Å². The summed E-state index contributed by atoms with van der Waals surface area (Å²) in [6.07, 6.45) is 2.68. The van der Waals surface area contributed by atoms with Gasteiger partial charge in [0.15, 0.2) is 0 Å². The van der Waals surface area contributed by atoms with Gasteiger partial charge >= 0.3 is 0 Å². The Bertz CT molecular complexity index is 1000. The molecule has 6 nitrogen and oxygen atoms in total. The van der Waals surface area contributed by atoms with Crippen LogP contribution in [0.25, 0.3) is 0 Å². The zero-order valence-electron chi connectivity index (χ0n) is 16.1. The standard InChI is InChI=1S/C17H20N2O4S2.C2H6/c1-13-11-14-7-6-10-19(24(2,20)21)17(14)12-16(13)18-25(22,23)15-8-4-3-5-9-15;1-2/h3-5,8-9,11-12,18H,6-7,10H2,1-2H3;1-2H3. The largest absolute Gasteiger partial charge is 0.279 e. The fraction of sp³-hybridized carbons (Fsp3) is 0.368. The Morgan fingerprint density at radius 2 is 1.63 bits per heavy atom. The van der Waals surface area contributed by atoms with Crippen LogP contribution in [0.4, 0.5) is 11.4 Å². The quantitative estimate of drug-likeness (QED) is 0.836. The highest BCUT2D eigenvalue weighted by molar-refractivity contribution is 7.92. The van der Waals surface area contributed by atoms with Gasteiger partial charge in [-0.05, 0) is 49.1 Å². The van der Waals surface area contributed by atoms with Crippen molar-refractivity contribution < 1.29 is 16.8 Å². The summed E-state index contributed by atoms with van der Waals surface area (Å²) in [5.41, 5.74) is 2.61. The van der Waals surface area contributed by atoms with E-state index in [4.69, 9.17) is 0 Å². The molecular formula is C19H26N2O4S2. The molecule has 0 saturated heterocycles. The second kappa shape index (κ2) is 8.31. The summed E-state index contributed by atoms with van der Waals surface area (Å²) >= 11 is 0. The minimum absolute atomic E-state index is 0.159. The highest BCUT2D eigenvalue weighted by Gasteiger charge is 2.26. The molecule has 0 saturated carbocycles. The molecule has 8 heteroatoms. The van der Waals surface area contributed by atoms with E-state index < -0.39 is 20.0 Å². The summed E-state index contributed by atoms with van der Waals surface area (Å²) in [5, 5.41) is 0. The number of benzene rings is 2. The molecule has 27 heavy (non-hydrogen) atoms. The van der Waals surface area contributed by atoms with Crippen LogP contribution in [0.3, 0.4) is 0 Å². The molecule has 1 aliphatic rings. The van der Waals surface area contributed by atoms with Crippen molar-refractivity contribution in [3.63, 3.8) is 0 Å². The second-order valence-electron chi connectivity index (χ2n) is 6.15. The molecule has 1 aliphatic heterocycles. The average Bonchev–Trinajstić information content (AvgIpc) is 2.63. The fourth-order valence-electron chi connectivity index (χ4n) is 2.98. The summed E-state index contributed by atoms with van der Waals surface area (Å²) in [6.45, 7) is 6.21. The van der Waals surface area contributed by atoms with Crippen molar-refractivity contribution in [2.45, 2.75) is 38.5 Å². The number of aryl methyl sites for hydroxylation is 2. The maximum atomic E-state index is 12.6. The van der Waals surface area contributed by atoms with Crippen LogP contribution in [-0.4, -0.2) is 29.6 Å². The lowest BCUT2D eigenvalue weighted by atomic mass is 10.00. The topological polar surface area (TPSA) is 83.6 Å². The maximum absolute atomic E-state index is 12.6. The van der Waals surface area contributed by atoms with E-state index in [1.165, 1.54) is 16.4 Å². The van der Waals surface area contributed by atoms with Gasteiger partial charge in [-0.3, -0.25) is 9.03 Å².